The van der Waals surface area contributed by atoms with Crippen LogP contribution >= 0.6 is 0 Å². The van der Waals surface area contributed by atoms with Gasteiger partial charge in [0.1, 0.15) is 5.75 Å². The van der Waals surface area contributed by atoms with Crippen LogP contribution in [0.25, 0.3) is 0 Å². The molecular formula is C28H36N2O7S. The number of benzene rings is 2. The van der Waals surface area contributed by atoms with Crippen molar-refractivity contribution in [2.75, 3.05) is 33.4 Å². The molecule has 2 aliphatic rings. The van der Waals surface area contributed by atoms with E-state index in [1.54, 1.807) is 12.1 Å². The Morgan fingerprint density at radius 3 is 2.45 bits per heavy atom. The van der Waals surface area contributed by atoms with Gasteiger partial charge < -0.3 is 24.6 Å². The summed E-state index contributed by atoms with van der Waals surface area (Å²) in [6.07, 6.45) is 5.73. The van der Waals surface area contributed by atoms with E-state index in [1.165, 1.54) is 23.5 Å². The number of hydrogen-bond acceptors (Lipinski definition) is 7. The summed E-state index contributed by atoms with van der Waals surface area (Å²) in [6.45, 7) is -0.373. The molecule has 0 radical (unpaired) electrons. The minimum Gasteiger partial charge on any atom is -0.497 e. The van der Waals surface area contributed by atoms with Crippen LogP contribution in [0.4, 0.5) is 0 Å². The van der Waals surface area contributed by atoms with E-state index in [-0.39, 0.29) is 54.8 Å². The number of sulfonamides is 1. The molecular weight excluding hydrogens is 508 g/mol. The molecule has 9 nitrogen and oxygen atoms in total. The minimum atomic E-state index is -3.86. The number of allylic oxidation sites excluding steroid dienone is 1. The molecule has 206 valence electrons. The van der Waals surface area contributed by atoms with Gasteiger partial charge in [-0.3, -0.25) is 4.79 Å². The number of carbonyl (C=O) groups excluding carboxylic acids is 1. The van der Waals surface area contributed by atoms with E-state index in [2.05, 4.69) is 5.32 Å². The highest BCUT2D eigenvalue weighted by Gasteiger charge is 2.31. The van der Waals surface area contributed by atoms with Crippen molar-refractivity contribution in [2.24, 2.45) is 0 Å². The van der Waals surface area contributed by atoms with E-state index in [0.717, 1.165) is 31.2 Å². The summed E-state index contributed by atoms with van der Waals surface area (Å²) in [4.78, 5) is 13.1. The number of carbonyl (C=O) groups is 1. The van der Waals surface area contributed by atoms with Gasteiger partial charge in [0, 0.05) is 31.5 Å². The lowest BCUT2D eigenvalue weighted by molar-refractivity contribution is -0.146. The summed E-state index contributed by atoms with van der Waals surface area (Å²) in [5, 5.41) is 12.6. The van der Waals surface area contributed by atoms with Crippen LogP contribution in [-0.4, -0.2) is 69.5 Å². The lowest BCUT2D eigenvalue weighted by atomic mass is 9.93. The zero-order chi connectivity index (χ0) is 27.0. The highest BCUT2D eigenvalue weighted by molar-refractivity contribution is 7.89. The summed E-state index contributed by atoms with van der Waals surface area (Å²) >= 11 is 0. The largest absolute Gasteiger partial charge is 0.497 e. The Kier molecular flexibility index (Phi) is 9.79. The molecule has 1 aliphatic carbocycles. The van der Waals surface area contributed by atoms with Crippen LogP contribution in [0.1, 0.15) is 43.6 Å². The average Bonchev–Trinajstić information content (AvgIpc) is 3.46. The molecule has 2 aromatic rings. The summed E-state index contributed by atoms with van der Waals surface area (Å²) in [5.74, 6) is 0.426. The molecule has 2 aromatic carbocycles. The SMILES string of the molecule is COc1ccc(S(=O)(=O)N(CCO)CCO[C@H]2C[C@@H](c3ccccc3)C=C(C(=O)NC3CCCC3)O2)cc1. The Balaban J connectivity index is 1.42. The quantitative estimate of drug-likeness (QED) is 0.422. The molecule has 1 heterocycles. The Bertz CT molecular complexity index is 1180. The highest BCUT2D eigenvalue weighted by atomic mass is 32.2. The number of rotatable bonds is 12. The molecule has 1 saturated carbocycles. The predicted molar refractivity (Wildman–Crippen MR) is 142 cm³/mol. The molecule has 0 saturated heterocycles. The Morgan fingerprint density at radius 1 is 1.08 bits per heavy atom. The average molecular weight is 545 g/mol. The van der Waals surface area contributed by atoms with Crippen molar-refractivity contribution in [3.05, 3.63) is 72.0 Å². The zero-order valence-corrected chi connectivity index (χ0v) is 22.4. The fourth-order valence-electron chi connectivity index (χ4n) is 4.82. The number of ether oxygens (including phenoxy) is 3. The van der Waals surface area contributed by atoms with Crippen LogP contribution in [0.3, 0.4) is 0 Å². The lowest BCUT2D eigenvalue weighted by Gasteiger charge is -2.30. The molecule has 1 fully saturated rings. The molecule has 4 rings (SSSR count). The summed E-state index contributed by atoms with van der Waals surface area (Å²) in [5.41, 5.74) is 1.04. The number of methoxy groups -OCH3 is 1. The van der Waals surface area contributed by atoms with Crippen molar-refractivity contribution >= 4 is 15.9 Å². The van der Waals surface area contributed by atoms with Crippen molar-refractivity contribution in [1.82, 2.24) is 9.62 Å². The van der Waals surface area contributed by atoms with Crippen LogP contribution in [0.5, 0.6) is 5.75 Å². The molecule has 0 aromatic heterocycles. The van der Waals surface area contributed by atoms with Crippen molar-refractivity contribution in [3.8, 4) is 5.75 Å². The fourth-order valence-corrected chi connectivity index (χ4v) is 6.24. The predicted octanol–water partition coefficient (Wildman–Crippen LogP) is 3.17. The van der Waals surface area contributed by atoms with Crippen molar-refractivity contribution in [2.45, 2.75) is 55.2 Å². The van der Waals surface area contributed by atoms with Crippen LogP contribution < -0.4 is 10.1 Å². The maximum Gasteiger partial charge on any atom is 0.286 e. The molecule has 0 spiro atoms. The smallest absolute Gasteiger partial charge is 0.286 e. The number of aliphatic hydroxyl groups is 1. The van der Waals surface area contributed by atoms with Crippen molar-refractivity contribution < 1.29 is 32.5 Å². The molecule has 38 heavy (non-hydrogen) atoms. The van der Waals surface area contributed by atoms with E-state index < -0.39 is 16.3 Å². The van der Waals surface area contributed by atoms with Gasteiger partial charge in [-0.15, -0.1) is 0 Å². The molecule has 2 atom stereocenters. The van der Waals surface area contributed by atoms with Crippen molar-refractivity contribution in [3.63, 3.8) is 0 Å². The summed E-state index contributed by atoms with van der Waals surface area (Å²) < 4.78 is 44.6. The lowest BCUT2D eigenvalue weighted by Crippen LogP contribution is -2.39. The zero-order valence-electron chi connectivity index (χ0n) is 21.6. The van der Waals surface area contributed by atoms with E-state index in [0.29, 0.717) is 12.2 Å². The van der Waals surface area contributed by atoms with Crippen LogP contribution in [0, 0.1) is 0 Å². The van der Waals surface area contributed by atoms with Gasteiger partial charge in [0.05, 0.1) is 25.2 Å². The molecule has 1 amide bonds. The van der Waals surface area contributed by atoms with Gasteiger partial charge >= 0.3 is 0 Å². The van der Waals surface area contributed by atoms with Crippen molar-refractivity contribution in [1.29, 1.82) is 0 Å². The van der Waals surface area contributed by atoms with E-state index in [9.17, 15) is 18.3 Å². The van der Waals surface area contributed by atoms with Crippen LogP contribution in [0.15, 0.2) is 71.3 Å². The Morgan fingerprint density at radius 2 is 1.79 bits per heavy atom. The number of nitrogens with zero attached hydrogens (tertiary/aromatic N) is 1. The van der Waals surface area contributed by atoms with Gasteiger partial charge in [0.25, 0.3) is 5.91 Å². The number of hydrogen-bond donors (Lipinski definition) is 2. The molecule has 1 aliphatic heterocycles. The van der Waals surface area contributed by atoms with Gasteiger partial charge in [-0.25, -0.2) is 8.42 Å². The minimum absolute atomic E-state index is 0.0120. The summed E-state index contributed by atoms with van der Waals surface area (Å²) in [7, 11) is -2.35. The molecule has 0 unspecified atom stereocenters. The fraction of sp³-hybridized carbons (Fsp3) is 0.464. The van der Waals surface area contributed by atoms with Gasteiger partial charge in [0.15, 0.2) is 5.76 Å². The topological polar surface area (TPSA) is 114 Å². The van der Waals surface area contributed by atoms with Gasteiger partial charge in [0.2, 0.25) is 16.3 Å². The molecule has 0 bridgehead atoms. The number of nitrogens with one attached hydrogen (secondary N) is 1. The first-order valence-corrected chi connectivity index (χ1v) is 14.5. The number of aliphatic hydroxyl groups excluding tert-OH is 1. The van der Waals surface area contributed by atoms with Gasteiger partial charge in [-0.1, -0.05) is 43.2 Å². The second kappa shape index (κ2) is 13.2. The first kappa shape index (κ1) is 28.1. The first-order valence-electron chi connectivity index (χ1n) is 13.0. The van der Waals surface area contributed by atoms with Gasteiger partial charge in [-0.05, 0) is 48.7 Å². The number of amides is 1. The maximum atomic E-state index is 13.2. The standard InChI is InChI=1S/C28H36N2O7S/c1-35-24-11-13-25(14-12-24)38(33,34)30(15-17-31)16-18-36-27-20-22(21-7-3-2-4-8-21)19-26(37-27)28(32)29-23-9-5-6-10-23/h2-4,7-8,11-14,19,22-23,27,31H,5-6,9-10,15-18,20H2,1H3,(H,29,32)/t22-,27+/m0/s1. The third kappa shape index (κ3) is 7.13. The van der Waals surface area contributed by atoms with E-state index in [4.69, 9.17) is 14.2 Å². The highest BCUT2D eigenvalue weighted by Crippen LogP contribution is 2.32. The molecule has 2 N–H and O–H groups in total. The van der Waals surface area contributed by atoms with Gasteiger partial charge in [-0.2, -0.15) is 4.31 Å². The van der Waals surface area contributed by atoms with E-state index in [1.807, 2.05) is 36.4 Å². The summed E-state index contributed by atoms with van der Waals surface area (Å²) in [6, 6.07) is 16.1. The molecule has 10 heteroatoms. The van der Waals surface area contributed by atoms with Crippen LogP contribution in [-0.2, 0) is 24.3 Å². The Labute approximate surface area is 224 Å². The monoisotopic (exact) mass is 544 g/mol. The van der Waals surface area contributed by atoms with Crippen LogP contribution in [0.2, 0.25) is 0 Å². The maximum absolute atomic E-state index is 13.2. The first-order chi connectivity index (χ1) is 18.4. The third-order valence-corrected chi connectivity index (χ3v) is 8.80. The Hall–Kier alpha value is -2.92. The third-order valence-electron chi connectivity index (χ3n) is 6.89. The second-order valence-electron chi connectivity index (χ2n) is 9.46. The van der Waals surface area contributed by atoms with E-state index >= 15 is 0 Å². The normalized spacial score (nSPS) is 20.1. The second-order valence-corrected chi connectivity index (χ2v) is 11.4.